The van der Waals surface area contributed by atoms with E-state index in [1.807, 2.05) is 11.8 Å². The van der Waals surface area contributed by atoms with Gasteiger partial charge < -0.3 is 10.5 Å². The van der Waals surface area contributed by atoms with Crippen LogP contribution in [0.3, 0.4) is 0 Å². The summed E-state index contributed by atoms with van der Waals surface area (Å²) < 4.78 is 7.47. The summed E-state index contributed by atoms with van der Waals surface area (Å²) in [6, 6.07) is 0.506. The van der Waals surface area contributed by atoms with Crippen molar-refractivity contribution in [3.8, 4) is 0 Å². The van der Waals surface area contributed by atoms with Crippen LogP contribution in [-0.2, 0) is 17.8 Å². The average molecular weight is 239 g/mol. The van der Waals surface area contributed by atoms with E-state index in [1.165, 1.54) is 29.9 Å². The highest BCUT2D eigenvalue weighted by atomic mass is 32.2. The van der Waals surface area contributed by atoms with Crippen molar-refractivity contribution in [2.24, 2.45) is 0 Å². The Kier molecular flexibility index (Phi) is 2.81. The van der Waals surface area contributed by atoms with Gasteiger partial charge in [0.25, 0.3) is 0 Å². The molecule has 3 rings (SSSR count). The number of nitrogens with zero attached hydrogens (tertiary/aromatic N) is 2. The number of hydrogen-bond acceptors (Lipinski definition) is 4. The van der Waals surface area contributed by atoms with E-state index >= 15 is 0 Å². The second kappa shape index (κ2) is 4.30. The van der Waals surface area contributed by atoms with Gasteiger partial charge in [0.1, 0.15) is 5.82 Å². The Morgan fingerprint density at radius 2 is 2.19 bits per heavy atom. The molecule has 2 aliphatic heterocycles. The highest BCUT2D eigenvalue weighted by Gasteiger charge is 2.24. The first-order valence-electron chi connectivity index (χ1n) is 5.87. The molecule has 0 saturated carbocycles. The SMILES string of the molecule is Nc1c2c(nn1C1CCSCC1)COCC2. The summed E-state index contributed by atoms with van der Waals surface area (Å²) in [5.41, 5.74) is 8.48. The third-order valence-electron chi connectivity index (χ3n) is 3.40. The number of aromatic nitrogens is 2. The van der Waals surface area contributed by atoms with Gasteiger partial charge in [-0.2, -0.15) is 16.9 Å². The molecular weight excluding hydrogens is 222 g/mol. The first-order valence-corrected chi connectivity index (χ1v) is 7.03. The van der Waals surface area contributed by atoms with E-state index < -0.39 is 0 Å². The molecule has 88 valence electrons. The molecule has 0 spiro atoms. The number of ether oxygens (including phenoxy) is 1. The van der Waals surface area contributed by atoms with Crippen LogP contribution in [0.2, 0.25) is 0 Å². The van der Waals surface area contributed by atoms with Gasteiger partial charge in [0.2, 0.25) is 0 Å². The van der Waals surface area contributed by atoms with Gasteiger partial charge in [-0.3, -0.25) is 0 Å². The number of fused-ring (bicyclic) bond motifs is 1. The summed E-state index contributed by atoms with van der Waals surface area (Å²) in [6.07, 6.45) is 3.30. The first kappa shape index (κ1) is 10.5. The number of anilines is 1. The van der Waals surface area contributed by atoms with Gasteiger partial charge in [-0.25, -0.2) is 4.68 Å². The summed E-state index contributed by atoms with van der Waals surface area (Å²) in [4.78, 5) is 0. The summed E-state index contributed by atoms with van der Waals surface area (Å²) >= 11 is 2.03. The van der Waals surface area contributed by atoms with Crippen LogP contribution < -0.4 is 5.73 Å². The molecule has 0 bridgehead atoms. The molecule has 16 heavy (non-hydrogen) atoms. The number of thioether (sulfide) groups is 1. The number of hydrogen-bond donors (Lipinski definition) is 1. The molecule has 0 atom stereocenters. The van der Waals surface area contributed by atoms with E-state index in [1.54, 1.807) is 0 Å². The highest BCUT2D eigenvalue weighted by molar-refractivity contribution is 7.99. The smallest absolute Gasteiger partial charge is 0.125 e. The highest BCUT2D eigenvalue weighted by Crippen LogP contribution is 2.31. The van der Waals surface area contributed by atoms with Gasteiger partial charge in [0.15, 0.2) is 0 Å². The fourth-order valence-electron chi connectivity index (χ4n) is 2.47. The van der Waals surface area contributed by atoms with Crippen molar-refractivity contribution < 1.29 is 4.74 Å². The summed E-state index contributed by atoms with van der Waals surface area (Å²) in [5, 5.41) is 4.63. The van der Waals surface area contributed by atoms with Crippen LogP contribution in [0, 0.1) is 0 Å². The maximum absolute atomic E-state index is 6.19. The van der Waals surface area contributed by atoms with Crippen LogP contribution in [0.15, 0.2) is 0 Å². The molecule has 1 aromatic heterocycles. The third-order valence-corrected chi connectivity index (χ3v) is 4.45. The molecule has 1 fully saturated rings. The molecule has 5 heteroatoms. The van der Waals surface area contributed by atoms with Crippen molar-refractivity contribution in [3.63, 3.8) is 0 Å². The van der Waals surface area contributed by atoms with Gasteiger partial charge in [-0.15, -0.1) is 0 Å². The predicted molar refractivity (Wildman–Crippen MR) is 65.6 cm³/mol. The summed E-state index contributed by atoms with van der Waals surface area (Å²) in [6.45, 7) is 1.41. The normalized spacial score (nSPS) is 22.0. The van der Waals surface area contributed by atoms with Crippen LogP contribution >= 0.6 is 11.8 Å². The monoisotopic (exact) mass is 239 g/mol. The maximum atomic E-state index is 6.19. The van der Waals surface area contributed by atoms with E-state index in [4.69, 9.17) is 10.5 Å². The zero-order valence-corrected chi connectivity index (χ0v) is 10.1. The fourth-order valence-corrected chi connectivity index (χ4v) is 3.55. The lowest BCUT2D eigenvalue weighted by Crippen LogP contribution is -2.18. The molecule has 2 N–H and O–H groups in total. The number of nitrogens with two attached hydrogens (primary N) is 1. The molecule has 0 aliphatic carbocycles. The minimum absolute atomic E-state index is 0.506. The number of rotatable bonds is 1. The van der Waals surface area contributed by atoms with Gasteiger partial charge in [-0.1, -0.05) is 0 Å². The van der Waals surface area contributed by atoms with E-state index in [0.29, 0.717) is 12.6 Å². The quantitative estimate of drug-likeness (QED) is 0.809. The second-order valence-corrected chi connectivity index (χ2v) is 5.63. The van der Waals surface area contributed by atoms with Gasteiger partial charge >= 0.3 is 0 Å². The largest absolute Gasteiger partial charge is 0.384 e. The topological polar surface area (TPSA) is 53.1 Å². The van der Waals surface area contributed by atoms with Crippen LogP contribution in [-0.4, -0.2) is 27.9 Å². The van der Waals surface area contributed by atoms with Crippen molar-refractivity contribution in [1.29, 1.82) is 0 Å². The zero-order chi connectivity index (χ0) is 11.0. The Morgan fingerprint density at radius 1 is 1.38 bits per heavy atom. The average Bonchev–Trinajstić information content (AvgIpc) is 2.69. The van der Waals surface area contributed by atoms with Gasteiger partial charge in [-0.05, 0) is 24.3 Å². The fraction of sp³-hybridized carbons (Fsp3) is 0.727. The Morgan fingerprint density at radius 3 is 2.94 bits per heavy atom. The van der Waals surface area contributed by atoms with Crippen molar-refractivity contribution >= 4 is 17.6 Å². The molecule has 3 heterocycles. The molecule has 0 aromatic carbocycles. The Balaban J connectivity index is 1.91. The molecule has 0 amide bonds. The maximum Gasteiger partial charge on any atom is 0.125 e. The van der Waals surface area contributed by atoms with Crippen molar-refractivity contribution in [3.05, 3.63) is 11.3 Å². The van der Waals surface area contributed by atoms with Crippen LogP contribution in [0.1, 0.15) is 30.1 Å². The van der Waals surface area contributed by atoms with E-state index in [9.17, 15) is 0 Å². The van der Waals surface area contributed by atoms with Crippen molar-refractivity contribution in [2.45, 2.75) is 31.9 Å². The lowest BCUT2D eigenvalue weighted by atomic mass is 10.1. The standard InChI is InChI=1S/C11H17N3OS/c12-11-9-1-4-15-7-10(9)13-14(11)8-2-5-16-6-3-8/h8H,1-7,12H2. The van der Waals surface area contributed by atoms with Gasteiger partial charge in [0, 0.05) is 12.0 Å². The van der Waals surface area contributed by atoms with Crippen molar-refractivity contribution in [2.75, 3.05) is 23.8 Å². The van der Waals surface area contributed by atoms with Crippen LogP contribution in [0.5, 0.6) is 0 Å². The van der Waals surface area contributed by atoms with E-state index in [0.717, 1.165) is 24.5 Å². The zero-order valence-electron chi connectivity index (χ0n) is 9.32. The Bertz CT molecular complexity index is 385. The molecule has 0 radical (unpaired) electrons. The first-order chi connectivity index (χ1) is 7.86. The molecule has 1 saturated heterocycles. The predicted octanol–water partition coefficient (Wildman–Crippen LogP) is 1.61. The summed E-state index contributed by atoms with van der Waals surface area (Å²) in [7, 11) is 0. The Hall–Kier alpha value is -0.680. The third kappa shape index (κ3) is 1.72. The lowest BCUT2D eigenvalue weighted by molar-refractivity contribution is 0.108. The minimum Gasteiger partial charge on any atom is -0.384 e. The van der Waals surface area contributed by atoms with Crippen molar-refractivity contribution in [1.82, 2.24) is 9.78 Å². The van der Waals surface area contributed by atoms with E-state index in [-0.39, 0.29) is 0 Å². The van der Waals surface area contributed by atoms with Crippen LogP contribution in [0.4, 0.5) is 5.82 Å². The molecule has 0 unspecified atom stereocenters. The van der Waals surface area contributed by atoms with Gasteiger partial charge in [0.05, 0.1) is 24.9 Å². The molecule has 4 nitrogen and oxygen atoms in total. The van der Waals surface area contributed by atoms with E-state index in [2.05, 4.69) is 9.78 Å². The lowest BCUT2D eigenvalue weighted by Gasteiger charge is -2.22. The molecular formula is C11H17N3OS. The molecule has 2 aliphatic rings. The molecule has 1 aromatic rings. The van der Waals surface area contributed by atoms with Crippen LogP contribution in [0.25, 0.3) is 0 Å². The minimum atomic E-state index is 0.506. The second-order valence-electron chi connectivity index (χ2n) is 4.40. The summed E-state index contributed by atoms with van der Waals surface area (Å²) in [5.74, 6) is 3.34. The Labute approximate surface area is 99.5 Å². The number of nitrogen functional groups attached to an aromatic ring is 1.